The molecule has 3 aromatic carbocycles. The van der Waals surface area contributed by atoms with Crippen LogP contribution in [0, 0.1) is 0 Å². The number of para-hydroxylation sites is 1. The van der Waals surface area contributed by atoms with Crippen LogP contribution in [0.3, 0.4) is 0 Å². The number of hydrogen-bond donors (Lipinski definition) is 2. The Labute approximate surface area is 193 Å². The Morgan fingerprint density at radius 1 is 1.00 bits per heavy atom. The molecule has 1 atom stereocenters. The summed E-state index contributed by atoms with van der Waals surface area (Å²) in [6.07, 6.45) is 2.11. The van der Waals surface area contributed by atoms with Crippen molar-refractivity contribution in [3.63, 3.8) is 0 Å². The molecule has 0 aliphatic carbocycles. The molecule has 0 unspecified atom stereocenters. The van der Waals surface area contributed by atoms with E-state index < -0.39 is 5.97 Å². The highest BCUT2D eigenvalue weighted by Crippen LogP contribution is 2.29. The van der Waals surface area contributed by atoms with Gasteiger partial charge in [-0.15, -0.1) is 0 Å². The molecule has 1 aliphatic heterocycles. The third kappa shape index (κ3) is 6.34. The lowest BCUT2D eigenvalue weighted by Crippen LogP contribution is -2.16. The van der Waals surface area contributed by atoms with Crippen LogP contribution >= 0.6 is 0 Å². The summed E-state index contributed by atoms with van der Waals surface area (Å²) in [5, 5.41) is 9.18. The number of rotatable bonds is 10. The fourth-order valence-corrected chi connectivity index (χ4v) is 3.95. The van der Waals surface area contributed by atoms with Crippen LogP contribution in [0.25, 0.3) is 11.1 Å². The van der Waals surface area contributed by atoms with Gasteiger partial charge in [0.1, 0.15) is 24.7 Å². The van der Waals surface area contributed by atoms with E-state index in [4.69, 9.17) is 19.9 Å². The van der Waals surface area contributed by atoms with Gasteiger partial charge in [-0.1, -0.05) is 36.4 Å². The summed E-state index contributed by atoms with van der Waals surface area (Å²) in [5.74, 6) is 0.425. The summed E-state index contributed by atoms with van der Waals surface area (Å²) in [6, 6.07) is 21.4. The summed E-state index contributed by atoms with van der Waals surface area (Å²) in [6.45, 7) is 2.06. The van der Waals surface area contributed by atoms with E-state index in [2.05, 4.69) is 12.1 Å². The highest BCUT2D eigenvalue weighted by molar-refractivity contribution is 5.71. The van der Waals surface area contributed by atoms with Crippen LogP contribution in [0.1, 0.15) is 29.5 Å². The molecule has 1 aliphatic rings. The molecule has 3 N–H and O–H groups in total. The van der Waals surface area contributed by atoms with Gasteiger partial charge in [0.05, 0.1) is 12.5 Å². The average Bonchev–Trinajstić information content (AvgIpc) is 3.36. The molecule has 6 heteroatoms. The lowest BCUT2D eigenvalue weighted by Gasteiger charge is -2.16. The predicted molar refractivity (Wildman–Crippen MR) is 126 cm³/mol. The van der Waals surface area contributed by atoms with Gasteiger partial charge in [-0.2, -0.15) is 0 Å². The van der Waals surface area contributed by atoms with Crippen LogP contribution < -0.4 is 15.2 Å². The Morgan fingerprint density at radius 3 is 2.64 bits per heavy atom. The first kappa shape index (κ1) is 22.8. The first-order chi connectivity index (χ1) is 16.1. The van der Waals surface area contributed by atoms with Crippen LogP contribution in [-0.4, -0.2) is 30.4 Å². The van der Waals surface area contributed by atoms with Gasteiger partial charge in [0.15, 0.2) is 0 Å². The van der Waals surface area contributed by atoms with E-state index >= 15 is 0 Å². The third-order valence-electron chi connectivity index (χ3n) is 5.63. The van der Waals surface area contributed by atoms with Gasteiger partial charge in [-0.05, 0) is 65.4 Å². The van der Waals surface area contributed by atoms with Crippen molar-refractivity contribution < 1.29 is 24.1 Å². The number of carboxylic acids is 1. The normalized spacial score (nSPS) is 15.4. The first-order valence-electron chi connectivity index (χ1n) is 11.2. The van der Waals surface area contributed by atoms with Gasteiger partial charge in [0, 0.05) is 18.7 Å². The molecule has 0 radical (unpaired) electrons. The van der Waals surface area contributed by atoms with Crippen LogP contribution in [0.5, 0.6) is 11.5 Å². The Morgan fingerprint density at radius 2 is 1.85 bits per heavy atom. The molecule has 3 aromatic rings. The molecule has 6 nitrogen and oxygen atoms in total. The highest BCUT2D eigenvalue weighted by atomic mass is 16.5. The fraction of sp³-hybridized carbons (Fsp3) is 0.296. The smallest absolute Gasteiger partial charge is 0.307 e. The van der Waals surface area contributed by atoms with Crippen molar-refractivity contribution in [1.29, 1.82) is 0 Å². The number of carbonyl (C=O) groups is 1. The van der Waals surface area contributed by atoms with Gasteiger partial charge in [-0.25, -0.2) is 0 Å². The quantitative estimate of drug-likeness (QED) is 0.473. The van der Waals surface area contributed by atoms with Crippen molar-refractivity contribution in [2.75, 3.05) is 13.2 Å². The Balaban J connectivity index is 1.58. The van der Waals surface area contributed by atoms with Gasteiger partial charge in [0.25, 0.3) is 0 Å². The van der Waals surface area contributed by atoms with Gasteiger partial charge in [-0.3, -0.25) is 4.79 Å². The molecule has 0 aromatic heterocycles. The average molecular weight is 448 g/mol. The minimum absolute atomic E-state index is 0.0855. The minimum atomic E-state index is -0.891. The van der Waals surface area contributed by atoms with Crippen LogP contribution in [0.4, 0.5) is 0 Å². The molecule has 172 valence electrons. The van der Waals surface area contributed by atoms with E-state index in [0.29, 0.717) is 24.5 Å². The number of nitrogens with two attached hydrogens (primary N) is 1. The molecular formula is C27H29NO5. The van der Waals surface area contributed by atoms with Crippen molar-refractivity contribution in [2.45, 2.75) is 38.5 Å². The monoisotopic (exact) mass is 447 g/mol. The Bertz CT molecular complexity index is 1090. The number of carboxylic acid groups (broad SMARTS) is 1. The molecule has 1 fully saturated rings. The van der Waals surface area contributed by atoms with E-state index in [9.17, 15) is 9.90 Å². The Hall–Kier alpha value is -3.35. The number of aliphatic carboxylic acids is 1. The summed E-state index contributed by atoms with van der Waals surface area (Å²) in [4.78, 5) is 11.2. The maximum Gasteiger partial charge on any atom is 0.307 e. The number of benzene rings is 3. The van der Waals surface area contributed by atoms with E-state index in [1.807, 2.05) is 42.5 Å². The van der Waals surface area contributed by atoms with Crippen molar-refractivity contribution >= 4 is 5.97 Å². The number of hydrogen-bond acceptors (Lipinski definition) is 5. The maximum atomic E-state index is 11.2. The lowest BCUT2D eigenvalue weighted by atomic mass is 10.0. The van der Waals surface area contributed by atoms with Crippen LogP contribution in [-0.2, 0) is 29.1 Å². The zero-order valence-corrected chi connectivity index (χ0v) is 18.5. The molecule has 4 rings (SSSR count). The molecule has 0 bridgehead atoms. The fourth-order valence-electron chi connectivity index (χ4n) is 3.95. The summed E-state index contributed by atoms with van der Waals surface area (Å²) >= 11 is 0. The molecule has 0 amide bonds. The highest BCUT2D eigenvalue weighted by Gasteiger charge is 2.17. The first-order valence-corrected chi connectivity index (χ1v) is 11.2. The van der Waals surface area contributed by atoms with Gasteiger partial charge in [0.2, 0.25) is 0 Å². The molecule has 1 heterocycles. The van der Waals surface area contributed by atoms with E-state index in [1.165, 1.54) is 0 Å². The molecular weight excluding hydrogens is 418 g/mol. The third-order valence-corrected chi connectivity index (χ3v) is 5.63. The van der Waals surface area contributed by atoms with Gasteiger partial charge >= 0.3 is 5.97 Å². The molecule has 1 saturated heterocycles. The lowest BCUT2D eigenvalue weighted by molar-refractivity contribution is -0.136. The van der Waals surface area contributed by atoms with Crippen molar-refractivity contribution in [3.8, 4) is 22.6 Å². The minimum Gasteiger partial charge on any atom is -0.491 e. The SMILES string of the molecule is NCc1cccc(-c2cc(COc3ccccc3CC(=O)O)cc(OC[C@H]3CCCO3)c2)c1. The van der Waals surface area contributed by atoms with Gasteiger partial charge < -0.3 is 25.1 Å². The summed E-state index contributed by atoms with van der Waals surface area (Å²) in [7, 11) is 0. The van der Waals surface area contributed by atoms with Crippen molar-refractivity contribution in [1.82, 2.24) is 0 Å². The van der Waals surface area contributed by atoms with E-state index in [-0.39, 0.29) is 19.1 Å². The predicted octanol–water partition coefficient (Wildman–Crippen LogP) is 4.58. The molecule has 33 heavy (non-hydrogen) atoms. The second-order valence-corrected chi connectivity index (χ2v) is 8.18. The topological polar surface area (TPSA) is 91.0 Å². The van der Waals surface area contributed by atoms with E-state index in [0.717, 1.165) is 47.5 Å². The zero-order chi connectivity index (χ0) is 23.0. The standard InChI is InChI=1S/C27H29NO5/c28-16-19-5-3-7-21(11-19)23-12-20(13-25(14-23)32-18-24-8-4-10-31-24)17-33-26-9-2-1-6-22(26)15-27(29)30/h1-3,5-7,9,11-14,24H,4,8,10,15-18,28H2,(H,29,30)/t24-/m1/s1. The largest absolute Gasteiger partial charge is 0.491 e. The number of ether oxygens (including phenoxy) is 3. The molecule has 0 spiro atoms. The second kappa shape index (κ2) is 11.0. The molecule has 0 saturated carbocycles. The zero-order valence-electron chi connectivity index (χ0n) is 18.5. The van der Waals surface area contributed by atoms with Crippen LogP contribution in [0.2, 0.25) is 0 Å². The van der Waals surface area contributed by atoms with Crippen LogP contribution in [0.15, 0.2) is 66.7 Å². The summed E-state index contributed by atoms with van der Waals surface area (Å²) in [5.41, 5.74) is 10.5. The van der Waals surface area contributed by atoms with Crippen molar-refractivity contribution in [3.05, 3.63) is 83.4 Å². The van der Waals surface area contributed by atoms with Crippen molar-refractivity contribution in [2.24, 2.45) is 5.73 Å². The Kier molecular flexibility index (Phi) is 7.60. The second-order valence-electron chi connectivity index (χ2n) is 8.18. The maximum absolute atomic E-state index is 11.2. The summed E-state index contributed by atoms with van der Waals surface area (Å²) < 4.78 is 17.8. The van der Waals surface area contributed by atoms with E-state index in [1.54, 1.807) is 12.1 Å².